The molecule has 0 amide bonds. The summed E-state index contributed by atoms with van der Waals surface area (Å²) in [5.74, 6) is 1.69. The largest absolute Gasteiger partial charge is 0.416 e. The van der Waals surface area contributed by atoms with E-state index in [2.05, 4.69) is 27.1 Å². The number of nitrogens with one attached hydrogen (secondary N) is 1. The maximum Gasteiger partial charge on any atom is 0.416 e. The number of piperidine rings is 1. The van der Waals surface area contributed by atoms with E-state index in [1.54, 1.807) is 6.07 Å². The summed E-state index contributed by atoms with van der Waals surface area (Å²) in [5.41, 5.74) is 0.137. The Morgan fingerprint density at radius 1 is 1.15 bits per heavy atom. The smallest absolute Gasteiger partial charge is 0.341 e. The van der Waals surface area contributed by atoms with Crippen LogP contribution in [0.2, 0.25) is 5.02 Å². The lowest BCUT2D eigenvalue weighted by Gasteiger charge is -2.30. The zero-order valence-electron chi connectivity index (χ0n) is 14.6. The SMILES string of the molecule is Cc1cc(Nc2cc(C(F)(F)F)ccc2Cl)nc(N2CCC(C)CC2)n1. The average molecular weight is 385 g/mol. The number of rotatable bonds is 3. The van der Waals surface area contributed by atoms with Crippen molar-refractivity contribution < 1.29 is 13.2 Å². The number of halogens is 4. The van der Waals surface area contributed by atoms with Gasteiger partial charge < -0.3 is 10.2 Å². The van der Waals surface area contributed by atoms with E-state index in [9.17, 15) is 13.2 Å². The monoisotopic (exact) mass is 384 g/mol. The van der Waals surface area contributed by atoms with E-state index >= 15 is 0 Å². The summed E-state index contributed by atoms with van der Waals surface area (Å²) in [6.07, 6.45) is -2.29. The van der Waals surface area contributed by atoms with E-state index in [4.69, 9.17) is 11.6 Å². The minimum atomic E-state index is -4.43. The Kier molecular flexibility index (Phi) is 5.27. The van der Waals surface area contributed by atoms with Crippen LogP contribution in [0.4, 0.5) is 30.6 Å². The minimum absolute atomic E-state index is 0.165. The average Bonchev–Trinajstić information content (AvgIpc) is 2.56. The van der Waals surface area contributed by atoms with Crippen LogP contribution in [0.15, 0.2) is 24.3 Å². The highest BCUT2D eigenvalue weighted by Gasteiger charge is 2.31. The van der Waals surface area contributed by atoms with Crippen molar-refractivity contribution in [3.63, 3.8) is 0 Å². The van der Waals surface area contributed by atoms with Gasteiger partial charge in [0.05, 0.1) is 16.3 Å². The second-order valence-corrected chi connectivity index (χ2v) is 7.09. The maximum atomic E-state index is 12.9. The molecule has 2 aromatic rings. The van der Waals surface area contributed by atoms with Crippen LogP contribution >= 0.6 is 11.6 Å². The van der Waals surface area contributed by atoms with E-state index in [1.165, 1.54) is 6.07 Å². The number of nitrogens with zero attached hydrogens (tertiary/aromatic N) is 3. The molecule has 1 fully saturated rings. The molecule has 0 atom stereocenters. The Morgan fingerprint density at radius 2 is 1.85 bits per heavy atom. The van der Waals surface area contributed by atoms with Gasteiger partial charge in [-0.3, -0.25) is 0 Å². The van der Waals surface area contributed by atoms with Gasteiger partial charge in [0.15, 0.2) is 0 Å². The summed E-state index contributed by atoms with van der Waals surface area (Å²) >= 11 is 6.06. The molecule has 1 aromatic heterocycles. The summed E-state index contributed by atoms with van der Waals surface area (Å²) in [6, 6.07) is 4.86. The lowest BCUT2D eigenvalue weighted by Crippen LogP contribution is -2.34. The van der Waals surface area contributed by atoms with Crippen LogP contribution in [0.25, 0.3) is 0 Å². The quantitative estimate of drug-likeness (QED) is 0.765. The molecule has 0 unspecified atom stereocenters. The molecule has 1 aromatic carbocycles. The molecule has 0 radical (unpaired) electrons. The molecule has 140 valence electrons. The maximum absolute atomic E-state index is 12.9. The highest BCUT2D eigenvalue weighted by molar-refractivity contribution is 6.33. The molecule has 8 heteroatoms. The number of alkyl halides is 3. The first-order chi connectivity index (χ1) is 12.2. The predicted molar refractivity (Wildman–Crippen MR) is 97.1 cm³/mol. The van der Waals surface area contributed by atoms with Gasteiger partial charge >= 0.3 is 6.18 Å². The van der Waals surface area contributed by atoms with Crippen molar-refractivity contribution >= 4 is 29.1 Å². The molecule has 3 rings (SSSR count). The zero-order chi connectivity index (χ0) is 18.9. The molecule has 1 N–H and O–H groups in total. The van der Waals surface area contributed by atoms with Gasteiger partial charge in [-0.15, -0.1) is 0 Å². The molecule has 1 aliphatic heterocycles. The second kappa shape index (κ2) is 7.31. The second-order valence-electron chi connectivity index (χ2n) is 6.68. The number of anilines is 3. The van der Waals surface area contributed by atoms with Crippen molar-refractivity contribution in [2.45, 2.75) is 32.9 Å². The van der Waals surface area contributed by atoms with E-state index in [-0.39, 0.29) is 10.7 Å². The fourth-order valence-electron chi connectivity index (χ4n) is 2.90. The predicted octanol–water partition coefficient (Wildman–Crippen LogP) is 5.44. The number of hydrogen-bond acceptors (Lipinski definition) is 4. The first kappa shape index (κ1) is 18.8. The summed E-state index contributed by atoms with van der Waals surface area (Å²) in [6.45, 7) is 5.79. The Bertz CT molecular complexity index is 786. The summed E-state index contributed by atoms with van der Waals surface area (Å²) < 4.78 is 38.8. The molecule has 0 aliphatic carbocycles. The molecule has 1 aliphatic rings. The molecule has 0 saturated carbocycles. The fraction of sp³-hybridized carbons (Fsp3) is 0.444. The minimum Gasteiger partial charge on any atom is -0.341 e. The number of hydrogen-bond donors (Lipinski definition) is 1. The van der Waals surface area contributed by atoms with E-state index in [0.29, 0.717) is 17.7 Å². The van der Waals surface area contributed by atoms with Gasteiger partial charge in [-0.05, 0) is 43.9 Å². The first-order valence-electron chi connectivity index (χ1n) is 8.47. The Balaban J connectivity index is 1.86. The molecule has 26 heavy (non-hydrogen) atoms. The van der Waals surface area contributed by atoms with E-state index in [1.807, 2.05) is 6.92 Å². The first-order valence-corrected chi connectivity index (χ1v) is 8.84. The third kappa shape index (κ3) is 4.38. The van der Waals surface area contributed by atoms with Gasteiger partial charge in [0.25, 0.3) is 0 Å². The Labute approximate surface area is 155 Å². The molecular formula is C18H20ClF3N4. The lowest BCUT2D eigenvalue weighted by molar-refractivity contribution is -0.137. The van der Waals surface area contributed by atoms with Crippen molar-refractivity contribution in [2.75, 3.05) is 23.3 Å². The number of aromatic nitrogens is 2. The third-order valence-corrected chi connectivity index (χ3v) is 4.79. The topological polar surface area (TPSA) is 41.1 Å². The molecular weight excluding hydrogens is 365 g/mol. The van der Waals surface area contributed by atoms with Gasteiger partial charge in [-0.1, -0.05) is 18.5 Å². The molecule has 0 spiro atoms. The highest BCUT2D eigenvalue weighted by Crippen LogP contribution is 2.35. The fourth-order valence-corrected chi connectivity index (χ4v) is 3.07. The summed E-state index contributed by atoms with van der Waals surface area (Å²) in [5, 5.41) is 3.10. The summed E-state index contributed by atoms with van der Waals surface area (Å²) in [7, 11) is 0. The molecule has 2 heterocycles. The van der Waals surface area contributed by atoms with Crippen LogP contribution in [-0.2, 0) is 6.18 Å². The van der Waals surface area contributed by atoms with Gasteiger partial charge in [0.1, 0.15) is 5.82 Å². The van der Waals surface area contributed by atoms with Crippen LogP contribution in [0.5, 0.6) is 0 Å². The molecule has 1 saturated heterocycles. The van der Waals surface area contributed by atoms with Crippen molar-refractivity contribution in [2.24, 2.45) is 5.92 Å². The van der Waals surface area contributed by atoms with Crippen LogP contribution in [0.1, 0.15) is 31.0 Å². The van der Waals surface area contributed by atoms with Gasteiger partial charge in [0.2, 0.25) is 5.95 Å². The Morgan fingerprint density at radius 3 is 2.50 bits per heavy atom. The van der Waals surface area contributed by atoms with Crippen molar-refractivity contribution in [1.29, 1.82) is 0 Å². The number of aryl methyl sites for hydroxylation is 1. The third-order valence-electron chi connectivity index (χ3n) is 4.47. The van der Waals surface area contributed by atoms with Gasteiger partial charge in [0, 0.05) is 24.8 Å². The zero-order valence-corrected chi connectivity index (χ0v) is 15.3. The van der Waals surface area contributed by atoms with Crippen molar-refractivity contribution in [3.05, 3.63) is 40.5 Å². The van der Waals surface area contributed by atoms with E-state index < -0.39 is 11.7 Å². The van der Waals surface area contributed by atoms with Crippen LogP contribution in [0.3, 0.4) is 0 Å². The van der Waals surface area contributed by atoms with Crippen LogP contribution in [-0.4, -0.2) is 23.1 Å². The van der Waals surface area contributed by atoms with Crippen LogP contribution < -0.4 is 10.2 Å². The lowest BCUT2D eigenvalue weighted by atomic mass is 10.00. The van der Waals surface area contributed by atoms with Gasteiger partial charge in [-0.2, -0.15) is 18.2 Å². The van der Waals surface area contributed by atoms with E-state index in [0.717, 1.165) is 43.8 Å². The summed E-state index contributed by atoms with van der Waals surface area (Å²) in [4.78, 5) is 11.0. The molecule has 4 nitrogen and oxygen atoms in total. The normalized spacial score (nSPS) is 16.0. The van der Waals surface area contributed by atoms with Crippen LogP contribution in [0, 0.1) is 12.8 Å². The Hall–Kier alpha value is -2.02. The van der Waals surface area contributed by atoms with Gasteiger partial charge in [-0.25, -0.2) is 4.98 Å². The highest BCUT2D eigenvalue weighted by atomic mass is 35.5. The van der Waals surface area contributed by atoms with Crippen molar-refractivity contribution in [3.8, 4) is 0 Å². The van der Waals surface area contributed by atoms with Crippen molar-refractivity contribution in [1.82, 2.24) is 9.97 Å². The molecule has 0 bridgehead atoms. The standard InChI is InChI=1S/C18H20ClF3N4/c1-11-5-7-26(8-6-11)17-23-12(2)9-16(25-17)24-15-10-13(18(20,21)22)3-4-14(15)19/h3-4,9-11H,5-8H2,1-2H3,(H,23,24,25). The number of benzene rings is 1.